The molecule has 0 atom stereocenters. The first-order valence-electron chi connectivity index (χ1n) is 4.91. The molecule has 1 aromatic rings. The van der Waals surface area contributed by atoms with Crippen LogP contribution in [0, 0.1) is 0 Å². The van der Waals surface area contributed by atoms with Crippen molar-refractivity contribution in [1.82, 2.24) is 0 Å². The van der Waals surface area contributed by atoms with Gasteiger partial charge in [0.25, 0.3) is 0 Å². The Bertz CT molecular complexity index is 329. The van der Waals surface area contributed by atoms with Crippen LogP contribution in [0.25, 0.3) is 0 Å². The van der Waals surface area contributed by atoms with Crippen LogP contribution in [0.2, 0.25) is 0 Å². The summed E-state index contributed by atoms with van der Waals surface area (Å²) in [6.45, 7) is 4.20. The summed E-state index contributed by atoms with van der Waals surface area (Å²) < 4.78 is 5.15. The van der Waals surface area contributed by atoms with Gasteiger partial charge in [-0.25, -0.2) is 0 Å². The van der Waals surface area contributed by atoms with Crippen molar-refractivity contribution in [1.29, 1.82) is 0 Å². The predicted octanol–water partition coefficient (Wildman–Crippen LogP) is 2.63. The second kappa shape index (κ2) is 4.80. The van der Waals surface area contributed by atoms with Crippen LogP contribution in [0.3, 0.4) is 0 Å². The van der Waals surface area contributed by atoms with Crippen molar-refractivity contribution in [3.05, 3.63) is 28.8 Å². The molecule has 1 rings (SSSR count). The summed E-state index contributed by atoms with van der Waals surface area (Å²) in [4.78, 5) is 10.8. The Morgan fingerprint density at radius 3 is 2.21 bits per heavy atom. The van der Waals surface area contributed by atoms with Crippen molar-refractivity contribution >= 4 is 6.29 Å². The topological polar surface area (TPSA) is 26.3 Å². The molecule has 0 heterocycles. The molecule has 0 aliphatic rings. The molecule has 14 heavy (non-hydrogen) atoms. The Kier molecular flexibility index (Phi) is 3.69. The van der Waals surface area contributed by atoms with Crippen LogP contribution in [0.15, 0.2) is 12.1 Å². The highest BCUT2D eigenvalue weighted by Gasteiger charge is 2.07. The first kappa shape index (κ1) is 10.8. The first-order chi connectivity index (χ1) is 6.76. The van der Waals surface area contributed by atoms with E-state index in [0.29, 0.717) is 11.3 Å². The number of hydrogen-bond acceptors (Lipinski definition) is 2. The minimum Gasteiger partial charge on any atom is -0.496 e. The molecule has 0 bridgehead atoms. The molecule has 0 aliphatic carbocycles. The van der Waals surface area contributed by atoms with Gasteiger partial charge in [0, 0.05) is 0 Å². The quantitative estimate of drug-likeness (QED) is 0.685. The molecule has 1 aromatic carbocycles. The Balaban J connectivity index is 3.27. The average Bonchev–Trinajstić information content (AvgIpc) is 2.26. The lowest BCUT2D eigenvalue weighted by molar-refractivity contribution is 0.112. The van der Waals surface area contributed by atoms with Gasteiger partial charge < -0.3 is 4.74 Å². The van der Waals surface area contributed by atoms with E-state index in [1.54, 1.807) is 7.11 Å². The van der Waals surface area contributed by atoms with Crippen molar-refractivity contribution in [3.63, 3.8) is 0 Å². The Hall–Kier alpha value is -1.31. The molecule has 0 radical (unpaired) electrons. The highest BCUT2D eigenvalue weighted by atomic mass is 16.5. The number of ether oxygens (including phenoxy) is 1. The Morgan fingerprint density at radius 1 is 1.21 bits per heavy atom. The van der Waals surface area contributed by atoms with Crippen LogP contribution in [0.4, 0.5) is 0 Å². The first-order valence-corrected chi connectivity index (χ1v) is 4.91. The van der Waals surface area contributed by atoms with Gasteiger partial charge in [0.2, 0.25) is 0 Å². The van der Waals surface area contributed by atoms with Crippen LogP contribution in [-0.4, -0.2) is 13.4 Å². The van der Waals surface area contributed by atoms with Crippen molar-refractivity contribution in [2.24, 2.45) is 0 Å². The molecule has 2 nitrogen and oxygen atoms in total. The van der Waals surface area contributed by atoms with Crippen molar-refractivity contribution in [3.8, 4) is 5.75 Å². The maximum absolute atomic E-state index is 10.8. The van der Waals surface area contributed by atoms with E-state index in [2.05, 4.69) is 13.8 Å². The minimum atomic E-state index is 0.640. The van der Waals surface area contributed by atoms with Crippen molar-refractivity contribution < 1.29 is 9.53 Å². The zero-order valence-electron chi connectivity index (χ0n) is 8.96. The van der Waals surface area contributed by atoms with Crippen molar-refractivity contribution in [2.75, 3.05) is 7.11 Å². The number of carbonyl (C=O) groups excluding carboxylic acids is 1. The third-order valence-electron chi connectivity index (χ3n) is 2.44. The van der Waals surface area contributed by atoms with E-state index >= 15 is 0 Å². The number of carbonyl (C=O) groups is 1. The van der Waals surface area contributed by atoms with E-state index < -0.39 is 0 Å². The second-order valence-electron chi connectivity index (χ2n) is 3.19. The molecule has 0 unspecified atom stereocenters. The van der Waals surface area contributed by atoms with E-state index in [4.69, 9.17) is 4.74 Å². The second-order valence-corrected chi connectivity index (χ2v) is 3.19. The van der Waals surface area contributed by atoms with Crippen LogP contribution >= 0.6 is 0 Å². The largest absolute Gasteiger partial charge is 0.496 e. The average molecular weight is 192 g/mol. The number of aldehydes is 1. The summed E-state index contributed by atoms with van der Waals surface area (Å²) in [5.41, 5.74) is 3.13. The third-order valence-corrected chi connectivity index (χ3v) is 2.44. The fourth-order valence-corrected chi connectivity index (χ4v) is 1.61. The van der Waals surface area contributed by atoms with Gasteiger partial charge >= 0.3 is 0 Å². The SMILES string of the molecule is CCc1cc(C=O)c(OC)cc1CC. The number of aryl methyl sites for hydroxylation is 2. The maximum Gasteiger partial charge on any atom is 0.153 e. The Labute approximate surface area is 84.9 Å². The highest BCUT2D eigenvalue weighted by molar-refractivity contribution is 5.80. The molecule has 0 saturated heterocycles. The van der Waals surface area contributed by atoms with Crippen LogP contribution in [0.5, 0.6) is 5.75 Å². The third kappa shape index (κ3) is 1.95. The lowest BCUT2D eigenvalue weighted by Crippen LogP contribution is -1.97. The van der Waals surface area contributed by atoms with E-state index in [1.807, 2.05) is 12.1 Å². The molecule has 0 spiro atoms. The molecular weight excluding hydrogens is 176 g/mol. The maximum atomic E-state index is 10.8. The van der Waals surface area contributed by atoms with Crippen LogP contribution in [-0.2, 0) is 12.8 Å². The summed E-state index contributed by atoms with van der Waals surface area (Å²) in [5.74, 6) is 0.675. The molecule has 0 aliphatic heterocycles. The molecule has 76 valence electrons. The van der Waals surface area contributed by atoms with E-state index in [-0.39, 0.29) is 0 Å². The van der Waals surface area contributed by atoms with Gasteiger partial charge in [-0.05, 0) is 36.1 Å². The van der Waals surface area contributed by atoms with Crippen molar-refractivity contribution in [2.45, 2.75) is 26.7 Å². The smallest absolute Gasteiger partial charge is 0.153 e. The summed E-state index contributed by atoms with van der Waals surface area (Å²) in [6.07, 6.45) is 2.77. The molecule has 0 amide bonds. The molecule has 0 N–H and O–H groups in total. The number of hydrogen-bond donors (Lipinski definition) is 0. The monoisotopic (exact) mass is 192 g/mol. The van der Waals surface area contributed by atoms with Gasteiger partial charge in [-0.15, -0.1) is 0 Å². The molecule has 0 aromatic heterocycles. The predicted molar refractivity (Wildman–Crippen MR) is 57.1 cm³/mol. The summed E-state index contributed by atoms with van der Waals surface area (Å²) in [5, 5.41) is 0. The standard InChI is InChI=1S/C12H16O2/c1-4-9-6-11(8-13)12(14-3)7-10(9)5-2/h6-8H,4-5H2,1-3H3. The zero-order chi connectivity index (χ0) is 10.6. The summed E-state index contributed by atoms with van der Waals surface area (Å²) >= 11 is 0. The van der Waals surface area contributed by atoms with E-state index in [0.717, 1.165) is 19.1 Å². The van der Waals surface area contributed by atoms with Crippen LogP contribution in [0.1, 0.15) is 35.3 Å². The summed E-state index contributed by atoms with van der Waals surface area (Å²) in [6, 6.07) is 3.88. The van der Waals surface area contributed by atoms with Gasteiger partial charge in [0.15, 0.2) is 6.29 Å². The highest BCUT2D eigenvalue weighted by Crippen LogP contribution is 2.23. The minimum absolute atomic E-state index is 0.640. The fourth-order valence-electron chi connectivity index (χ4n) is 1.61. The van der Waals surface area contributed by atoms with Gasteiger partial charge in [-0.1, -0.05) is 13.8 Å². The molecule has 0 saturated carbocycles. The van der Waals surface area contributed by atoms with Gasteiger partial charge in [0.05, 0.1) is 12.7 Å². The molecular formula is C12H16O2. The summed E-state index contributed by atoms with van der Waals surface area (Å²) in [7, 11) is 1.59. The number of benzene rings is 1. The fraction of sp³-hybridized carbons (Fsp3) is 0.417. The van der Waals surface area contributed by atoms with Gasteiger partial charge in [-0.2, -0.15) is 0 Å². The lowest BCUT2D eigenvalue weighted by Gasteiger charge is -2.10. The number of rotatable bonds is 4. The van der Waals surface area contributed by atoms with Gasteiger partial charge in [-0.3, -0.25) is 4.79 Å². The Morgan fingerprint density at radius 2 is 1.79 bits per heavy atom. The number of methoxy groups -OCH3 is 1. The molecule has 2 heteroatoms. The zero-order valence-corrected chi connectivity index (χ0v) is 8.96. The van der Waals surface area contributed by atoms with Crippen LogP contribution < -0.4 is 4.74 Å². The lowest BCUT2D eigenvalue weighted by atomic mass is 9.99. The normalized spacial score (nSPS) is 9.93. The van der Waals surface area contributed by atoms with E-state index in [1.165, 1.54) is 11.1 Å². The van der Waals surface area contributed by atoms with Gasteiger partial charge in [0.1, 0.15) is 5.75 Å². The van der Waals surface area contributed by atoms with E-state index in [9.17, 15) is 4.79 Å². The molecule has 0 fully saturated rings.